The monoisotopic (exact) mass is 365 g/mol. The van der Waals surface area contributed by atoms with Crippen LogP contribution in [0.25, 0.3) is 0 Å². The molecule has 0 fully saturated rings. The Morgan fingerprint density at radius 3 is 2.65 bits per heavy atom. The number of nitrogens with one attached hydrogen (secondary N) is 2. The Bertz CT molecular complexity index is 521. The summed E-state index contributed by atoms with van der Waals surface area (Å²) in [7, 11) is 3.47. The molecule has 0 aliphatic rings. The van der Waals surface area contributed by atoms with Crippen molar-refractivity contribution >= 4 is 5.96 Å². The van der Waals surface area contributed by atoms with Gasteiger partial charge in [-0.1, -0.05) is 19.1 Å². The molecule has 0 saturated carbocycles. The highest BCUT2D eigenvalue weighted by atomic mass is 16.5. The summed E-state index contributed by atoms with van der Waals surface area (Å²) in [5.74, 6) is 1.75. The molecule has 148 valence electrons. The van der Waals surface area contributed by atoms with Gasteiger partial charge in [-0.2, -0.15) is 0 Å². The molecule has 0 spiro atoms. The Balaban J connectivity index is 2.31. The maximum absolute atomic E-state index is 5.86. The maximum Gasteiger partial charge on any atom is 0.191 e. The number of hydrogen-bond donors (Lipinski definition) is 2. The van der Waals surface area contributed by atoms with Crippen LogP contribution in [-0.2, 0) is 16.0 Å². The molecule has 26 heavy (non-hydrogen) atoms. The van der Waals surface area contributed by atoms with Crippen LogP contribution in [0.2, 0.25) is 0 Å². The van der Waals surface area contributed by atoms with Gasteiger partial charge >= 0.3 is 0 Å². The number of nitrogens with zero attached hydrogens (tertiary/aromatic N) is 1. The molecular weight excluding hydrogens is 330 g/mol. The highest BCUT2D eigenvalue weighted by molar-refractivity contribution is 5.79. The van der Waals surface area contributed by atoms with Gasteiger partial charge in [0.25, 0.3) is 0 Å². The zero-order valence-corrected chi connectivity index (χ0v) is 16.8. The molecule has 0 radical (unpaired) electrons. The van der Waals surface area contributed by atoms with Crippen molar-refractivity contribution in [2.45, 2.75) is 39.7 Å². The van der Waals surface area contributed by atoms with Crippen LogP contribution in [0.3, 0.4) is 0 Å². The molecule has 0 bridgehead atoms. The van der Waals surface area contributed by atoms with Gasteiger partial charge in [-0.15, -0.1) is 0 Å². The third-order valence-corrected chi connectivity index (χ3v) is 3.79. The lowest BCUT2D eigenvalue weighted by atomic mass is 10.1. The van der Waals surface area contributed by atoms with E-state index in [1.54, 1.807) is 14.2 Å². The molecule has 0 aliphatic carbocycles. The first-order valence-electron chi connectivity index (χ1n) is 9.44. The van der Waals surface area contributed by atoms with E-state index >= 15 is 0 Å². The van der Waals surface area contributed by atoms with E-state index < -0.39 is 0 Å². The highest BCUT2D eigenvalue weighted by Gasteiger charge is 2.05. The van der Waals surface area contributed by atoms with E-state index in [0.29, 0.717) is 19.8 Å². The van der Waals surface area contributed by atoms with Crippen molar-refractivity contribution < 1.29 is 14.2 Å². The van der Waals surface area contributed by atoms with E-state index in [2.05, 4.69) is 47.7 Å². The maximum atomic E-state index is 5.86. The fourth-order valence-electron chi connectivity index (χ4n) is 2.33. The Morgan fingerprint density at radius 1 is 1.08 bits per heavy atom. The largest absolute Gasteiger partial charge is 0.493 e. The van der Waals surface area contributed by atoms with Crippen LogP contribution in [-0.4, -0.2) is 53.1 Å². The molecule has 6 heteroatoms. The number of guanidine groups is 1. The quantitative estimate of drug-likeness (QED) is 0.320. The van der Waals surface area contributed by atoms with Gasteiger partial charge < -0.3 is 24.8 Å². The van der Waals surface area contributed by atoms with Crippen molar-refractivity contribution in [3.8, 4) is 5.75 Å². The van der Waals surface area contributed by atoms with Gasteiger partial charge in [0, 0.05) is 39.4 Å². The van der Waals surface area contributed by atoms with Crippen LogP contribution in [0.4, 0.5) is 0 Å². The number of methoxy groups -OCH3 is 1. The number of benzene rings is 1. The molecule has 0 amide bonds. The van der Waals surface area contributed by atoms with Gasteiger partial charge in [0.05, 0.1) is 19.8 Å². The number of aliphatic imine (C=N–C) groups is 1. The summed E-state index contributed by atoms with van der Waals surface area (Å²) >= 11 is 0. The van der Waals surface area contributed by atoms with Gasteiger partial charge in [0.2, 0.25) is 0 Å². The molecule has 0 unspecified atom stereocenters. The fourth-order valence-corrected chi connectivity index (χ4v) is 2.33. The Morgan fingerprint density at radius 2 is 1.92 bits per heavy atom. The van der Waals surface area contributed by atoms with Crippen molar-refractivity contribution in [1.29, 1.82) is 0 Å². The molecule has 1 rings (SSSR count). The molecule has 1 aromatic rings. The number of unbranched alkanes of at least 4 members (excludes halogenated alkanes) is 1. The normalized spacial score (nSPS) is 11.5. The molecule has 0 aliphatic heterocycles. The van der Waals surface area contributed by atoms with E-state index in [0.717, 1.165) is 56.3 Å². The van der Waals surface area contributed by atoms with E-state index in [9.17, 15) is 0 Å². The van der Waals surface area contributed by atoms with E-state index in [-0.39, 0.29) is 0 Å². The standard InChI is InChI=1S/C20H35N3O3/c1-5-11-26-19-15-17(2)8-9-18(19)16-23-20(21-3)22-10-6-7-12-25-14-13-24-4/h8-9,15H,5-7,10-14,16H2,1-4H3,(H2,21,22,23). The predicted octanol–water partition coefficient (Wildman–Crippen LogP) is 2.89. The van der Waals surface area contributed by atoms with Crippen LogP contribution in [0, 0.1) is 6.92 Å². The first kappa shape index (κ1) is 22.3. The molecule has 2 N–H and O–H groups in total. The lowest BCUT2D eigenvalue weighted by molar-refractivity contribution is 0.0689. The number of rotatable bonds is 13. The third kappa shape index (κ3) is 9.63. The van der Waals surface area contributed by atoms with E-state index in [4.69, 9.17) is 14.2 Å². The molecule has 6 nitrogen and oxygen atoms in total. The second-order valence-corrected chi connectivity index (χ2v) is 6.12. The second-order valence-electron chi connectivity index (χ2n) is 6.12. The Hall–Kier alpha value is -1.79. The average molecular weight is 366 g/mol. The Kier molecular flexibility index (Phi) is 12.3. The minimum absolute atomic E-state index is 0.651. The first-order chi connectivity index (χ1) is 12.7. The Labute approximate surface area is 158 Å². The summed E-state index contributed by atoms with van der Waals surface area (Å²) in [4.78, 5) is 4.28. The summed E-state index contributed by atoms with van der Waals surface area (Å²) < 4.78 is 16.3. The number of ether oxygens (including phenoxy) is 3. The third-order valence-electron chi connectivity index (χ3n) is 3.79. The number of aryl methyl sites for hydroxylation is 1. The second kappa shape index (κ2) is 14.4. The fraction of sp³-hybridized carbons (Fsp3) is 0.650. The lowest BCUT2D eigenvalue weighted by Crippen LogP contribution is -2.37. The zero-order valence-electron chi connectivity index (χ0n) is 16.8. The smallest absolute Gasteiger partial charge is 0.191 e. The topological polar surface area (TPSA) is 64.1 Å². The van der Waals surface area contributed by atoms with Gasteiger partial charge in [0.15, 0.2) is 5.96 Å². The van der Waals surface area contributed by atoms with Crippen LogP contribution in [0.5, 0.6) is 5.75 Å². The van der Waals surface area contributed by atoms with Crippen LogP contribution in [0.15, 0.2) is 23.2 Å². The molecular formula is C20H35N3O3. The van der Waals surface area contributed by atoms with Crippen molar-refractivity contribution in [3.05, 3.63) is 29.3 Å². The van der Waals surface area contributed by atoms with Gasteiger partial charge in [-0.05, 0) is 37.8 Å². The van der Waals surface area contributed by atoms with Gasteiger partial charge in [-0.25, -0.2) is 0 Å². The molecule has 0 atom stereocenters. The summed E-state index contributed by atoms with van der Waals surface area (Å²) in [5.41, 5.74) is 2.34. The van der Waals surface area contributed by atoms with Gasteiger partial charge in [0.1, 0.15) is 5.75 Å². The van der Waals surface area contributed by atoms with Crippen molar-refractivity contribution in [2.24, 2.45) is 4.99 Å². The SMILES string of the molecule is CCCOc1cc(C)ccc1CNC(=NC)NCCCCOCCOC. The molecule has 0 saturated heterocycles. The van der Waals surface area contributed by atoms with Gasteiger partial charge in [-0.3, -0.25) is 4.99 Å². The average Bonchev–Trinajstić information content (AvgIpc) is 2.65. The lowest BCUT2D eigenvalue weighted by Gasteiger charge is -2.15. The molecule has 0 heterocycles. The predicted molar refractivity (Wildman–Crippen MR) is 107 cm³/mol. The van der Waals surface area contributed by atoms with Crippen molar-refractivity contribution in [1.82, 2.24) is 10.6 Å². The molecule has 0 aromatic heterocycles. The zero-order chi connectivity index (χ0) is 19.0. The van der Waals surface area contributed by atoms with E-state index in [1.807, 2.05) is 0 Å². The summed E-state index contributed by atoms with van der Waals surface area (Å²) in [5, 5.41) is 6.69. The number of hydrogen-bond acceptors (Lipinski definition) is 4. The highest BCUT2D eigenvalue weighted by Crippen LogP contribution is 2.20. The summed E-state index contributed by atoms with van der Waals surface area (Å²) in [6.45, 7) is 8.54. The van der Waals surface area contributed by atoms with Crippen molar-refractivity contribution in [2.75, 3.05) is 47.1 Å². The van der Waals surface area contributed by atoms with Crippen LogP contribution >= 0.6 is 0 Å². The van der Waals surface area contributed by atoms with E-state index in [1.165, 1.54) is 5.56 Å². The summed E-state index contributed by atoms with van der Waals surface area (Å²) in [6, 6.07) is 6.31. The summed E-state index contributed by atoms with van der Waals surface area (Å²) in [6.07, 6.45) is 3.04. The minimum atomic E-state index is 0.651. The first-order valence-corrected chi connectivity index (χ1v) is 9.44. The molecule has 1 aromatic carbocycles. The van der Waals surface area contributed by atoms with Crippen LogP contribution < -0.4 is 15.4 Å². The van der Waals surface area contributed by atoms with Crippen molar-refractivity contribution in [3.63, 3.8) is 0 Å². The van der Waals surface area contributed by atoms with Crippen LogP contribution in [0.1, 0.15) is 37.3 Å². The minimum Gasteiger partial charge on any atom is -0.493 e.